The molecule has 4 saturated carbocycles. The Balaban J connectivity index is 1.28. The van der Waals surface area contributed by atoms with Gasteiger partial charge in [0.15, 0.2) is 0 Å². The molecule has 0 radical (unpaired) electrons. The molecule has 3 nitrogen and oxygen atoms in total. The zero-order valence-corrected chi connectivity index (χ0v) is 18.7. The van der Waals surface area contributed by atoms with Crippen LogP contribution >= 0.6 is 0 Å². The van der Waals surface area contributed by atoms with Crippen LogP contribution in [0.2, 0.25) is 0 Å². The third-order valence-corrected chi connectivity index (χ3v) is 10.8. The van der Waals surface area contributed by atoms with Crippen LogP contribution in [0.5, 0.6) is 0 Å². The maximum absolute atomic E-state index is 12.1. The van der Waals surface area contributed by atoms with Crippen molar-refractivity contribution in [2.24, 2.45) is 34.5 Å². The van der Waals surface area contributed by atoms with Gasteiger partial charge in [-0.3, -0.25) is 4.79 Å². The average Bonchev–Trinajstić information content (AvgIpc) is 3.19. The SMILES string of the molecule is C[C@]12CCC(=O)C[C@@H]1CC[C@@H]1[C@@H]2CC[C@@]2(C)[C@H]1C[C@@H]1OB(c3ccccc3)O[C@@]12C. The molecule has 1 aromatic rings. The van der Waals surface area contributed by atoms with Gasteiger partial charge < -0.3 is 9.31 Å². The molecule has 160 valence electrons. The molecule has 1 aromatic carbocycles. The lowest BCUT2D eigenvalue weighted by molar-refractivity contribution is -0.148. The topological polar surface area (TPSA) is 35.5 Å². The van der Waals surface area contributed by atoms with Crippen molar-refractivity contribution >= 4 is 18.4 Å². The van der Waals surface area contributed by atoms with E-state index in [4.69, 9.17) is 9.31 Å². The van der Waals surface area contributed by atoms with Crippen LogP contribution in [-0.4, -0.2) is 24.6 Å². The molecule has 0 spiro atoms. The van der Waals surface area contributed by atoms with E-state index >= 15 is 0 Å². The number of Topliss-reactive ketones (excluding diaryl/α,β-unsaturated/α-hetero) is 1. The molecular formula is C26H35BO3. The average molecular weight is 406 g/mol. The van der Waals surface area contributed by atoms with Crippen LogP contribution in [0.25, 0.3) is 0 Å². The Kier molecular flexibility index (Phi) is 4.20. The standard InChI is InChI=1S/C26H35BO3/c1-24-13-11-19(28)15-17(24)9-10-20-21(24)12-14-25(2)22(20)16-23-26(25,3)30-27(29-23)18-7-5-4-6-8-18/h4-8,17,20-23H,9-16H2,1-3H3/t17-,20+,21-,22-,23-,24-,25-,26-/m0/s1. The summed E-state index contributed by atoms with van der Waals surface area (Å²) in [7, 11) is -0.227. The van der Waals surface area contributed by atoms with Crippen molar-refractivity contribution in [2.75, 3.05) is 0 Å². The summed E-state index contributed by atoms with van der Waals surface area (Å²) < 4.78 is 13.4. The lowest BCUT2D eigenvalue weighted by Crippen LogP contribution is -2.57. The number of carbonyl (C=O) groups excluding carboxylic acids is 1. The second-order valence-corrected chi connectivity index (χ2v) is 11.7. The van der Waals surface area contributed by atoms with E-state index in [2.05, 4.69) is 51.1 Å². The predicted molar refractivity (Wildman–Crippen MR) is 118 cm³/mol. The highest BCUT2D eigenvalue weighted by atomic mass is 16.7. The summed E-state index contributed by atoms with van der Waals surface area (Å²) in [6, 6.07) is 10.4. The molecule has 5 fully saturated rings. The highest BCUT2D eigenvalue weighted by Gasteiger charge is 2.70. The van der Waals surface area contributed by atoms with Gasteiger partial charge in [-0.05, 0) is 80.0 Å². The van der Waals surface area contributed by atoms with E-state index in [1.807, 2.05) is 0 Å². The lowest BCUT2D eigenvalue weighted by atomic mass is 9.44. The summed E-state index contributed by atoms with van der Waals surface area (Å²) in [5.41, 5.74) is 1.48. The quantitative estimate of drug-likeness (QED) is 0.630. The minimum absolute atomic E-state index is 0.177. The van der Waals surface area contributed by atoms with Crippen molar-refractivity contribution in [3.05, 3.63) is 30.3 Å². The Labute approximate surface area is 181 Å². The van der Waals surface area contributed by atoms with E-state index in [1.165, 1.54) is 25.7 Å². The molecule has 6 rings (SSSR count). The highest BCUT2D eigenvalue weighted by molar-refractivity contribution is 6.62. The second kappa shape index (κ2) is 6.45. The zero-order chi connectivity index (χ0) is 20.7. The van der Waals surface area contributed by atoms with Crippen molar-refractivity contribution in [1.29, 1.82) is 0 Å². The van der Waals surface area contributed by atoms with Gasteiger partial charge >= 0.3 is 7.12 Å². The van der Waals surface area contributed by atoms with Crippen molar-refractivity contribution in [2.45, 2.75) is 83.8 Å². The highest BCUT2D eigenvalue weighted by Crippen LogP contribution is 2.69. The van der Waals surface area contributed by atoms with Gasteiger partial charge in [-0.15, -0.1) is 0 Å². The van der Waals surface area contributed by atoms with Gasteiger partial charge in [0.25, 0.3) is 0 Å². The van der Waals surface area contributed by atoms with Crippen LogP contribution < -0.4 is 5.46 Å². The van der Waals surface area contributed by atoms with Gasteiger partial charge in [-0.25, -0.2) is 0 Å². The van der Waals surface area contributed by atoms with Crippen molar-refractivity contribution < 1.29 is 14.1 Å². The molecule has 1 saturated heterocycles. The molecule has 0 N–H and O–H groups in total. The van der Waals surface area contributed by atoms with E-state index in [9.17, 15) is 4.79 Å². The Hall–Kier alpha value is -1.13. The maximum Gasteiger partial charge on any atom is 0.494 e. The molecular weight excluding hydrogens is 371 g/mol. The fraction of sp³-hybridized carbons (Fsp3) is 0.731. The number of ketones is 1. The van der Waals surface area contributed by atoms with E-state index in [0.29, 0.717) is 23.0 Å². The minimum atomic E-state index is -0.227. The summed E-state index contributed by atoms with van der Waals surface area (Å²) in [5, 5.41) is 0. The Bertz CT molecular complexity index is 857. The van der Waals surface area contributed by atoms with Crippen LogP contribution in [0.15, 0.2) is 30.3 Å². The first-order chi connectivity index (χ1) is 14.3. The monoisotopic (exact) mass is 406 g/mol. The van der Waals surface area contributed by atoms with Crippen LogP contribution in [0.4, 0.5) is 0 Å². The molecule has 0 amide bonds. The van der Waals surface area contributed by atoms with E-state index in [0.717, 1.165) is 43.0 Å². The fourth-order valence-corrected chi connectivity index (χ4v) is 8.79. The van der Waals surface area contributed by atoms with Gasteiger partial charge in [0, 0.05) is 18.3 Å². The molecule has 0 aromatic heterocycles. The van der Waals surface area contributed by atoms with Gasteiger partial charge in [0.05, 0.1) is 11.7 Å². The van der Waals surface area contributed by atoms with Crippen LogP contribution in [-0.2, 0) is 14.1 Å². The first kappa shape index (κ1) is 19.6. The van der Waals surface area contributed by atoms with Crippen molar-refractivity contribution in [3.63, 3.8) is 0 Å². The smallest absolute Gasteiger partial charge is 0.401 e. The Morgan fingerprint density at radius 1 is 1.00 bits per heavy atom. The first-order valence-corrected chi connectivity index (χ1v) is 12.2. The molecule has 1 heterocycles. The molecule has 1 aliphatic heterocycles. The van der Waals surface area contributed by atoms with Crippen LogP contribution in [0, 0.1) is 34.5 Å². The number of carbonyl (C=O) groups is 1. The summed E-state index contributed by atoms with van der Waals surface area (Å²) in [4.78, 5) is 12.1. The molecule has 8 atom stereocenters. The molecule has 4 aliphatic carbocycles. The molecule has 5 aliphatic rings. The molecule has 0 unspecified atom stereocenters. The predicted octanol–water partition coefficient (Wildman–Crippen LogP) is 4.78. The minimum Gasteiger partial charge on any atom is -0.401 e. The van der Waals surface area contributed by atoms with Crippen LogP contribution in [0.3, 0.4) is 0 Å². The number of fused-ring (bicyclic) bond motifs is 7. The van der Waals surface area contributed by atoms with Crippen LogP contribution in [0.1, 0.15) is 72.1 Å². The van der Waals surface area contributed by atoms with E-state index < -0.39 is 0 Å². The van der Waals surface area contributed by atoms with E-state index in [1.54, 1.807) is 0 Å². The van der Waals surface area contributed by atoms with Gasteiger partial charge in [-0.1, -0.05) is 44.2 Å². The number of hydrogen-bond donors (Lipinski definition) is 0. The third-order valence-electron chi connectivity index (χ3n) is 10.8. The fourth-order valence-electron chi connectivity index (χ4n) is 8.79. The summed E-state index contributed by atoms with van der Waals surface area (Å²) in [6.45, 7) is 7.37. The Morgan fingerprint density at radius 3 is 2.60 bits per heavy atom. The first-order valence-electron chi connectivity index (χ1n) is 12.2. The number of hydrogen-bond acceptors (Lipinski definition) is 3. The maximum atomic E-state index is 12.1. The molecule has 0 bridgehead atoms. The van der Waals surface area contributed by atoms with E-state index in [-0.39, 0.29) is 24.2 Å². The van der Waals surface area contributed by atoms with Gasteiger partial charge in [0.2, 0.25) is 0 Å². The lowest BCUT2D eigenvalue weighted by Gasteiger charge is -2.61. The Morgan fingerprint density at radius 2 is 1.80 bits per heavy atom. The third kappa shape index (κ3) is 2.44. The molecule has 4 heteroatoms. The van der Waals surface area contributed by atoms with Crippen molar-refractivity contribution in [3.8, 4) is 0 Å². The normalized spacial score (nSPS) is 49.9. The van der Waals surface area contributed by atoms with Gasteiger partial charge in [0.1, 0.15) is 5.78 Å². The summed E-state index contributed by atoms with van der Waals surface area (Å²) >= 11 is 0. The summed E-state index contributed by atoms with van der Waals surface area (Å²) in [5.74, 6) is 3.35. The number of benzene rings is 1. The largest absolute Gasteiger partial charge is 0.494 e. The summed E-state index contributed by atoms with van der Waals surface area (Å²) in [6.07, 6.45) is 9.15. The zero-order valence-electron chi connectivity index (χ0n) is 18.7. The van der Waals surface area contributed by atoms with Gasteiger partial charge in [-0.2, -0.15) is 0 Å². The second-order valence-electron chi connectivity index (χ2n) is 11.7. The molecule has 30 heavy (non-hydrogen) atoms. The number of rotatable bonds is 1. The van der Waals surface area contributed by atoms with Crippen molar-refractivity contribution in [1.82, 2.24) is 0 Å².